The number of nitrogens with one attached hydrogen (secondary N) is 1. The highest BCUT2D eigenvalue weighted by molar-refractivity contribution is 5.17. The lowest BCUT2D eigenvalue weighted by atomic mass is 9.90. The van der Waals surface area contributed by atoms with Gasteiger partial charge in [0.2, 0.25) is 0 Å². The summed E-state index contributed by atoms with van der Waals surface area (Å²) >= 11 is 0. The van der Waals surface area contributed by atoms with E-state index in [0.29, 0.717) is 6.04 Å². The van der Waals surface area contributed by atoms with Gasteiger partial charge in [-0.05, 0) is 49.8 Å². The van der Waals surface area contributed by atoms with Gasteiger partial charge in [0.1, 0.15) is 5.82 Å². The average Bonchev–Trinajstić information content (AvgIpc) is 3.28. The van der Waals surface area contributed by atoms with Crippen LogP contribution in [0.2, 0.25) is 0 Å². The van der Waals surface area contributed by atoms with E-state index >= 15 is 0 Å². The van der Waals surface area contributed by atoms with E-state index in [1.54, 1.807) is 12.1 Å². The van der Waals surface area contributed by atoms with Crippen molar-refractivity contribution in [2.24, 2.45) is 5.92 Å². The van der Waals surface area contributed by atoms with Gasteiger partial charge < -0.3 is 5.32 Å². The Morgan fingerprint density at radius 3 is 2.60 bits per heavy atom. The molecular weight excluding hydrogens is 251 g/mol. The number of benzene rings is 1. The number of hydrogen-bond donors (Lipinski definition) is 1. The lowest BCUT2D eigenvalue weighted by Gasteiger charge is -2.48. The van der Waals surface area contributed by atoms with Crippen LogP contribution in [0.15, 0.2) is 24.3 Å². The molecule has 2 atom stereocenters. The third kappa shape index (κ3) is 2.89. The molecule has 3 rings (SSSR count). The molecule has 0 bridgehead atoms. The fourth-order valence-corrected chi connectivity index (χ4v) is 3.21. The first-order valence-corrected chi connectivity index (χ1v) is 7.83. The predicted molar refractivity (Wildman–Crippen MR) is 80.0 cm³/mol. The van der Waals surface area contributed by atoms with Crippen molar-refractivity contribution >= 4 is 0 Å². The van der Waals surface area contributed by atoms with Crippen molar-refractivity contribution < 1.29 is 4.39 Å². The fraction of sp³-hybridized carbons (Fsp3) is 0.647. The van der Waals surface area contributed by atoms with Gasteiger partial charge >= 0.3 is 0 Å². The SMILES string of the molecule is CCC1(C)CNC(C2CC2)CN1Cc1ccc(F)cc1. The first kappa shape index (κ1) is 14.0. The molecule has 2 nitrogen and oxygen atoms in total. The second-order valence-electron chi connectivity index (χ2n) is 6.68. The van der Waals surface area contributed by atoms with Gasteiger partial charge in [0, 0.05) is 31.2 Å². The molecule has 2 fully saturated rings. The summed E-state index contributed by atoms with van der Waals surface area (Å²) in [4.78, 5) is 2.60. The molecule has 0 amide bonds. The molecule has 1 aliphatic heterocycles. The number of halogens is 1. The van der Waals surface area contributed by atoms with E-state index in [4.69, 9.17) is 0 Å². The molecule has 2 unspecified atom stereocenters. The Morgan fingerprint density at radius 2 is 2.00 bits per heavy atom. The molecule has 1 heterocycles. The lowest BCUT2D eigenvalue weighted by Crippen LogP contribution is -2.63. The molecule has 110 valence electrons. The summed E-state index contributed by atoms with van der Waals surface area (Å²) in [7, 11) is 0. The smallest absolute Gasteiger partial charge is 0.123 e. The zero-order valence-electron chi connectivity index (χ0n) is 12.5. The highest BCUT2D eigenvalue weighted by atomic mass is 19.1. The Labute approximate surface area is 121 Å². The summed E-state index contributed by atoms with van der Waals surface area (Å²) in [6.45, 7) is 7.71. The molecule has 2 aliphatic rings. The van der Waals surface area contributed by atoms with Crippen molar-refractivity contribution in [2.75, 3.05) is 13.1 Å². The molecule has 1 aromatic rings. The lowest BCUT2D eigenvalue weighted by molar-refractivity contribution is 0.0369. The molecule has 3 heteroatoms. The maximum absolute atomic E-state index is 13.0. The van der Waals surface area contributed by atoms with Crippen molar-refractivity contribution in [3.05, 3.63) is 35.6 Å². The summed E-state index contributed by atoms with van der Waals surface area (Å²) in [6.07, 6.45) is 3.90. The summed E-state index contributed by atoms with van der Waals surface area (Å²) in [5.74, 6) is 0.732. The molecule has 1 N–H and O–H groups in total. The first-order chi connectivity index (χ1) is 9.60. The van der Waals surface area contributed by atoms with Crippen LogP contribution in [0.25, 0.3) is 0 Å². The highest BCUT2D eigenvalue weighted by Gasteiger charge is 2.41. The van der Waals surface area contributed by atoms with E-state index in [-0.39, 0.29) is 11.4 Å². The van der Waals surface area contributed by atoms with Crippen LogP contribution in [0.4, 0.5) is 4.39 Å². The van der Waals surface area contributed by atoms with Crippen molar-refractivity contribution in [1.82, 2.24) is 10.2 Å². The van der Waals surface area contributed by atoms with Crippen LogP contribution in [0, 0.1) is 11.7 Å². The molecule has 0 spiro atoms. The molecular formula is C17H25FN2. The first-order valence-electron chi connectivity index (χ1n) is 7.83. The molecule has 20 heavy (non-hydrogen) atoms. The third-order valence-corrected chi connectivity index (χ3v) is 5.17. The minimum absolute atomic E-state index is 0.150. The second kappa shape index (κ2) is 5.45. The Morgan fingerprint density at radius 1 is 1.30 bits per heavy atom. The normalized spacial score (nSPS) is 31.4. The van der Waals surface area contributed by atoms with Gasteiger partial charge in [0.15, 0.2) is 0 Å². The zero-order valence-corrected chi connectivity index (χ0v) is 12.5. The number of nitrogens with zero attached hydrogens (tertiary/aromatic N) is 1. The van der Waals surface area contributed by atoms with Gasteiger partial charge in [0.05, 0.1) is 0 Å². The van der Waals surface area contributed by atoms with E-state index < -0.39 is 0 Å². The quantitative estimate of drug-likeness (QED) is 0.908. The third-order valence-electron chi connectivity index (χ3n) is 5.17. The van der Waals surface area contributed by atoms with Gasteiger partial charge in [-0.1, -0.05) is 19.1 Å². The largest absolute Gasteiger partial charge is 0.311 e. The maximum Gasteiger partial charge on any atom is 0.123 e. The Kier molecular flexibility index (Phi) is 3.83. The fourth-order valence-electron chi connectivity index (χ4n) is 3.21. The molecule has 0 radical (unpaired) electrons. The van der Waals surface area contributed by atoms with Gasteiger partial charge in [-0.2, -0.15) is 0 Å². The number of hydrogen-bond acceptors (Lipinski definition) is 2. The molecule has 1 aliphatic carbocycles. The van der Waals surface area contributed by atoms with Crippen molar-refractivity contribution in [3.63, 3.8) is 0 Å². The van der Waals surface area contributed by atoms with Gasteiger partial charge in [-0.15, -0.1) is 0 Å². The summed E-state index contributed by atoms with van der Waals surface area (Å²) in [5.41, 5.74) is 1.42. The van der Waals surface area contributed by atoms with Gasteiger partial charge in [-0.3, -0.25) is 4.90 Å². The van der Waals surface area contributed by atoms with Crippen LogP contribution in [0.1, 0.15) is 38.7 Å². The van der Waals surface area contributed by atoms with Crippen LogP contribution >= 0.6 is 0 Å². The van der Waals surface area contributed by atoms with E-state index in [1.807, 2.05) is 12.1 Å². The molecule has 1 aromatic carbocycles. The predicted octanol–water partition coefficient (Wildman–Crippen LogP) is 3.18. The van der Waals surface area contributed by atoms with Gasteiger partial charge in [0.25, 0.3) is 0 Å². The molecule has 1 saturated carbocycles. The Hall–Kier alpha value is -0.930. The van der Waals surface area contributed by atoms with Crippen LogP contribution in [-0.4, -0.2) is 29.6 Å². The van der Waals surface area contributed by atoms with Crippen molar-refractivity contribution in [2.45, 2.75) is 51.2 Å². The number of rotatable bonds is 4. The topological polar surface area (TPSA) is 15.3 Å². The Bertz CT molecular complexity index is 455. The number of piperazine rings is 1. The van der Waals surface area contributed by atoms with Crippen LogP contribution < -0.4 is 5.32 Å². The van der Waals surface area contributed by atoms with E-state index in [1.165, 1.54) is 18.4 Å². The second-order valence-corrected chi connectivity index (χ2v) is 6.68. The van der Waals surface area contributed by atoms with E-state index in [2.05, 4.69) is 24.1 Å². The monoisotopic (exact) mass is 276 g/mol. The summed E-state index contributed by atoms with van der Waals surface area (Å²) in [6, 6.07) is 7.62. The van der Waals surface area contributed by atoms with Crippen LogP contribution in [0.5, 0.6) is 0 Å². The summed E-state index contributed by atoms with van der Waals surface area (Å²) < 4.78 is 13.0. The van der Waals surface area contributed by atoms with E-state index in [0.717, 1.165) is 32.0 Å². The van der Waals surface area contributed by atoms with Crippen molar-refractivity contribution in [1.29, 1.82) is 0 Å². The highest BCUT2D eigenvalue weighted by Crippen LogP contribution is 2.36. The van der Waals surface area contributed by atoms with Crippen molar-refractivity contribution in [3.8, 4) is 0 Å². The zero-order chi connectivity index (χ0) is 14.2. The van der Waals surface area contributed by atoms with Crippen LogP contribution in [-0.2, 0) is 6.54 Å². The Balaban J connectivity index is 1.73. The van der Waals surface area contributed by atoms with Gasteiger partial charge in [-0.25, -0.2) is 4.39 Å². The van der Waals surface area contributed by atoms with Crippen LogP contribution in [0.3, 0.4) is 0 Å². The molecule has 0 aromatic heterocycles. The summed E-state index contributed by atoms with van der Waals surface area (Å²) in [5, 5.41) is 3.75. The molecule has 1 saturated heterocycles. The average molecular weight is 276 g/mol. The van der Waals surface area contributed by atoms with E-state index in [9.17, 15) is 4.39 Å². The standard InChI is InChI=1S/C17H25FN2/c1-3-17(2)12-19-16(14-6-7-14)11-20(17)10-13-4-8-15(18)9-5-13/h4-5,8-9,14,16,19H,3,6-7,10-12H2,1-2H3. The minimum Gasteiger partial charge on any atom is -0.311 e. The maximum atomic E-state index is 13.0. The minimum atomic E-state index is -0.150.